The van der Waals surface area contributed by atoms with E-state index in [1.807, 2.05) is 4.90 Å². The van der Waals surface area contributed by atoms with Gasteiger partial charge in [0.2, 0.25) is 5.91 Å². The molecule has 1 aliphatic carbocycles. The number of fused-ring (bicyclic) bond motifs is 1. The zero-order valence-corrected chi connectivity index (χ0v) is 17.4. The number of carbonyl (C=O) groups excluding carboxylic acids is 2. The lowest BCUT2D eigenvalue weighted by Crippen LogP contribution is -2.40. The summed E-state index contributed by atoms with van der Waals surface area (Å²) in [6, 6.07) is 5.91. The maximum atomic E-state index is 14.1. The molecule has 3 aliphatic rings. The molecule has 5 rings (SSSR count). The SMILES string of the molecule is C[C@@H]1C[C@@H]1C(=O)N1CC[C@@H](c2nc3c(c(=O)[nH]2)CCN(C(=O)c2ccccc2F)C3)C1. The van der Waals surface area contributed by atoms with Crippen molar-refractivity contribution >= 4 is 11.8 Å². The van der Waals surface area contributed by atoms with Crippen molar-refractivity contribution in [3.05, 3.63) is 63.1 Å². The van der Waals surface area contributed by atoms with Crippen molar-refractivity contribution < 1.29 is 14.0 Å². The number of hydrogen-bond acceptors (Lipinski definition) is 4. The van der Waals surface area contributed by atoms with E-state index in [0.29, 0.717) is 49.1 Å². The van der Waals surface area contributed by atoms with E-state index in [1.54, 1.807) is 12.1 Å². The second-order valence-corrected chi connectivity index (χ2v) is 8.92. The van der Waals surface area contributed by atoms with Gasteiger partial charge in [-0.1, -0.05) is 19.1 Å². The number of rotatable bonds is 3. The van der Waals surface area contributed by atoms with Crippen molar-refractivity contribution in [2.24, 2.45) is 11.8 Å². The number of benzene rings is 1. The summed E-state index contributed by atoms with van der Waals surface area (Å²) in [5.41, 5.74) is 0.989. The first kappa shape index (κ1) is 19.9. The number of aromatic nitrogens is 2. The quantitative estimate of drug-likeness (QED) is 0.818. The summed E-state index contributed by atoms with van der Waals surface area (Å²) in [6.07, 6.45) is 2.10. The number of nitrogens with one attached hydrogen (secondary N) is 1. The monoisotopic (exact) mass is 424 g/mol. The molecule has 0 radical (unpaired) electrons. The van der Waals surface area contributed by atoms with Crippen LogP contribution in [0.15, 0.2) is 29.1 Å². The fraction of sp³-hybridized carbons (Fsp3) is 0.478. The van der Waals surface area contributed by atoms with Gasteiger partial charge in [0.1, 0.15) is 11.6 Å². The standard InChI is InChI=1S/C23H25FN4O3/c1-13-10-17(13)23(31)27-8-6-14(11-27)20-25-19-12-28(9-7-16(19)21(29)26-20)22(30)15-4-2-3-5-18(15)24/h2-5,13-14,17H,6-12H2,1H3,(H,25,26,29)/t13-,14-,17+/m1/s1. The molecule has 1 saturated heterocycles. The van der Waals surface area contributed by atoms with Gasteiger partial charge in [-0.15, -0.1) is 0 Å². The summed E-state index contributed by atoms with van der Waals surface area (Å²) >= 11 is 0. The predicted molar refractivity (Wildman–Crippen MR) is 111 cm³/mol. The van der Waals surface area contributed by atoms with Gasteiger partial charge in [-0.25, -0.2) is 9.37 Å². The fourth-order valence-electron chi connectivity index (χ4n) is 4.71. The van der Waals surface area contributed by atoms with Gasteiger partial charge in [0.05, 0.1) is 17.8 Å². The van der Waals surface area contributed by atoms with Gasteiger partial charge in [-0.2, -0.15) is 0 Å². The molecule has 0 spiro atoms. The van der Waals surface area contributed by atoms with E-state index in [0.717, 1.165) is 12.8 Å². The van der Waals surface area contributed by atoms with Gasteiger partial charge in [0.15, 0.2) is 0 Å². The highest BCUT2D eigenvalue weighted by molar-refractivity contribution is 5.94. The smallest absolute Gasteiger partial charge is 0.257 e. The topological polar surface area (TPSA) is 86.4 Å². The van der Waals surface area contributed by atoms with Gasteiger partial charge < -0.3 is 14.8 Å². The summed E-state index contributed by atoms with van der Waals surface area (Å²) in [4.78, 5) is 49.0. The highest BCUT2D eigenvalue weighted by atomic mass is 19.1. The maximum Gasteiger partial charge on any atom is 0.257 e. The van der Waals surface area contributed by atoms with Gasteiger partial charge in [0, 0.05) is 37.0 Å². The summed E-state index contributed by atoms with van der Waals surface area (Å²) in [5.74, 6) is 0.411. The fourth-order valence-corrected chi connectivity index (χ4v) is 4.71. The number of likely N-dealkylation sites (tertiary alicyclic amines) is 1. The molecular weight excluding hydrogens is 399 g/mol. The van der Waals surface area contributed by atoms with Gasteiger partial charge in [-0.3, -0.25) is 14.4 Å². The molecule has 2 fully saturated rings. The van der Waals surface area contributed by atoms with E-state index < -0.39 is 11.7 Å². The van der Waals surface area contributed by atoms with Gasteiger partial charge in [-0.05, 0) is 37.3 Å². The second-order valence-electron chi connectivity index (χ2n) is 8.92. The third kappa shape index (κ3) is 3.64. The summed E-state index contributed by atoms with van der Waals surface area (Å²) in [5, 5.41) is 0. The molecule has 3 heterocycles. The number of amides is 2. The predicted octanol–water partition coefficient (Wildman–Crippen LogP) is 2.08. The Hall–Kier alpha value is -3.03. The zero-order valence-electron chi connectivity index (χ0n) is 17.4. The van der Waals surface area contributed by atoms with Crippen molar-refractivity contribution in [2.45, 2.75) is 38.6 Å². The van der Waals surface area contributed by atoms with E-state index in [1.165, 1.54) is 17.0 Å². The molecule has 1 aromatic heterocycles. The van der Waals surface area contributed by atoms with Crippen LogP contribution in [0.5, 0.6) is 0 Å². The minimum atomic E-state index is -0.557. The number of carbonyl (C=O) groups is 2. The molecule has 1 aromatic carbocycles. The lowest BCUT2D eigenvalue weighted by Gasteiger charge is -2.28. The Balaban J connectivity index is 1.35. The highest BCUT2D eigenvalue weighted by Gasteiger charge is 2.43. The molecule has 0 bridgehead atoms. The molecule has 0 unspecified atom stereocenters. The number of hydrogen-bond donors (Lipinski definition) is 1. The Labute approximate surface area is 179 Å². The van der Waals surface area contributed by atoms with Crippen molar-refractivity contribution in [3.63, 3.8) is 0 Å². The van der Waals surface area contributed by atoms with Crippen LogP contribution in [0.4, 0.5) is 4.39 Å². The van der Waals surface area contributed by atoms with Crippen LogP contribution in [-0.2, 0) is 17.8 Å². The van der Waals surface area contributed by atoms with Crippen LogP contribution in [0, 0.1) is 17.7 Å². The molecular formula is C23H25FN4O3. The molecule has 1 N–H and O–H groups in total. The molecule has 2 amide bonds. The van der Waals surface area contributed by atoms with Crippen LogP contribution in [0.2, 0.25) is 0 Å². The molecule has 1 saturated carbocycles. The molecule has 8 heteroatoms. The first-order chi connectivity index (χ1) is 14.9. The summed E-state index contributed by atoms with van der Waals surface area (Å²) in [7, 11) is 0. The van der Waals surface area contributed by atoms with Crippen LogP contribution >= 0.6 is 0 Å². The Kier molecular flexibility index (Phi) is 4.87. The second kappa shape index (κ2) is 7.59. The summed E-state index contributed by atoms with van der Waals surface area (Å²) in [6.45, 7) is 3.84. The van der Waals surface area contributed by atoms with Gasteiger partial charge >= 0.3 is 0 Å². The van der Waals surface area contributed by atoms with E-state index in [4.69, 9.17) is 4.98 Å². The number of nitrogens with zero attached hydrogens (tertiary/aromatic N) is 3. The Morgan fingerprint density at radius 1 is 1.19 bits per heavy atom. The lowest BCUT2D eigenvalue weighted by atomic mass is 10.0. The zero-order chi connectivity index (χ0) is 21.7. The Bertz CT molecular complexity index is 1110. The minimum absolute atomic E-state index is 0.0198. The van der Waals surface area contributed by atoms with E-state index in [9.17, 15) is 18.8 Å². The van der Waals surface area contributed by atoms with Crippen LogP contribution in [0.3, 0.4) is 0 Å². The first-order valence-electron chi connectivity index (χ1n) is 10.9. The minimum Gasteiger partial charge on any atom is -0.342 e. The average molecular weight is 424 g/mol. The number of aromatic amines is 1. The highest BCUT2D eigenvalue weighted by Crippen LogP contribution is 2.40. The van der Waals surface area contributed by atoms with E-state index in [2.05, 4.69) is 11.9 Å². The Morgan fingerprint density at radius 3 is 2.71 bits per heavy atom. The molecule has 7 nitrogen and oxygen atoms in total. The normalized spacial score (nSPS) is 24.8. The summed E-state index contributed by atoms with van der Waals surface area (Å²) < 4.78 is 14.1. The number of H-pyrrole nitrogens is 1. The van der Waals surface area contributed by atoms with Crippen LogP contribution < -0.4 is 5.56 Å². The molecule has 2 aliphatic heterocycles. The van der Waals surface area contributed by atoms with Crippen LogP contribution in [0.25, 0.3) is 0 Å². The average Bonchev–Trinajstić information content (AvgIpc) is 3.29. The third-order valence-electron chi connectivity index (χ3n) is 6.80. The Morgan fingerprint density at radius 2 is 1.97 bits per heavy atom. The van der Waals surface area contributed by atoms with Crippen molar-refractivity contribution in [2.75, 3.05) is 19.6 Å². The van der Waals surface area contributed by atoms with E-state index in [-0.39, 0.29) is 35.4 Å². The first-order valence-corrected chi connectivity index (χ1v) is 10.9. The maximum absolute atomic E-state index is 14.1. The van der Waals surface area contributed by atoms with Crippen molar-refractivity contribution in [1.82, 2.24) is 19.8 Å². The lowest BCUT2D eigenvalue weighted by molar-refractivity contribution is -0.131. The molecule has 3 atom stereocenters. The number of halogens is 1. The molecule has 162 valence electrons. The largest absolute Gasteiger partial charge is 0.342 e. The van der Waals surface area contributed by atoms with Crippen LogP contribution in [-0.4, -0.2) is 51.2 Å². The van der Waals surface area contributed by atoms with Gasteiger partial charge in [0.25, 0.3) is 11.5 Å². The molecule has 31 heavy (non-hydrogen) atoms. The van der Waals surface area contributed by atoms with Crippen LogP contribution in [0.1, 0.15) is 53.1 Å². The van der Waals surface area contributed by atoms with E-state index >= 15 is 0 Å². The van der Waals surface area contributed by atoms with Crippen molar-refractivity contribution in [3.8, 4) is 0 Å². The third-order valence-corrected chi connectivity index (χ3v) is 6.80. The molecule has 2 aromatic rings. The van der Waals surface area contributed by atoms with Crippen molar-refractivity contribution in [1.29, 1.82) is 0 Å².